The predicted molar refractivity (Wildman–Crippen MR) is 155 cm³/mol. The van der Waals surface area contributed by atoms with E-state index in [2.05, 4.69) is 25.6 Å². The molecule has 224 valence electrons. The van der Waals surface area contributed by atoms with Gasteiger partial charge < -0.3 is 25.0 Å². The van der Waals surface area contributed by atoms with E-state index in [0.29, 0.717) is 54.4 Å². The molecule has 1 amide bonds. The molecule has 1 saturated carbocycles. The number of alkyl carbamates (subject to hydrolysis) is 1. The van der Waals surface area contributed by atoms with Crippen molar-refractivity contribution in [2.45, 2.75) is 83.9 Å². The molecule has 1 unspecified atom stereocenters. The molecule has 2 aromatic heterocycles. The smallest absolute Gasteiger partial charge is 0.407 e. The molecular formula is C29H41F2N7O3. The lowest BCUT2D eigenvalue weighted by molar-refractivity contribution is 0.0493. The molecule has 1 aliphatic carbocycles. The second kappa shape index (κ2) is 13.4. The van der Waals surface area contributed by atoms with E-state index in [4.69, 9.17) is 9.47 Å². The molecule has 0 bridgehead atoms. The normalized spacial score (nSPS) is 18.1. The Labute approximate surface area is 239 Å². The molecule has 1 saturated heterocycles. The number of carbonyl (C=O) groups is 1. The number of nitrogens with zero attached hydrogens (tertiary/aromatic N) is 5. The summed E-state index contributed by atoms with van der Waals surface area (Å²) in [7, 11) is 1.73. The molecule has 41 heavy (non-hydrogen) atoms. The van der Waals surface area contributed by atoms with Gasteiger partial charge in [0.1, 0.15) is 17.2 Å². The molecule has 2 N–H and O–H groups in total. The van der Waals surface area contributed by atoms with Gasteiger partial charge in [0.15, 0.2) is 5.82 Å². The Bertz CT molecular complexity index is 1310. The fourth-order valence-corrected chi connectivity index (χ4v) is 4.97. The Morgan fingerprint density at radius 2 is 1.85 bits per heavy atom. The van der Waals surface area contributed by atoms with Gasteiger partial charge in [-0.3, -0.25) is 4.57 Å². The maximum absolute atomic E-state index is 13.7. The van der Waals surface area contributed by atoms with E-state index in [1.54, 1.807) is 37.4 Å². The molecule has 2 fully saturated rings. The Balaban J connectivity index is 0.000000234. The van der Waals surface area contributed by atoms with Crippen LogP contribution in [0.2, 0.25) is 0 Å². The number of rotatable bonds is 5. The number of halogens is 2. The summed E-state index contributed by atoms with van der Waals surface area (Å²) in [4.78, 5) is 26.6. The fraction of sp³-hybridized carbons (Fsp3) is 0.586. The van der Waals surface area contributed by atoms with E-state index < -0.39 is 12.0 Å². The second-order valence-corrected chi connectivity index (χ2v) is 11.4. The summed E-state index contributed by atoms with van der Waals surface area (Å²) in [5, 5.41) is 5.90. The van der Waals surface area contributed by atoms with Gasteiger partial charge in [-0.2, -0.15) is 9.97 Å². The summed E-state index contributed by atoms with van der Waals surface area (Å²) in [5.74, 6) is 1.04. The summed E-state index contributed by atoms with van der Waals surface area (Å²) < 4.78 is 39.4. The van der Waals surface area contributed by atoms with Gasteiger partial charge in [0, 0.05) is 25.7 Å². The number of nitrogens with one attached hydrogen (secondary N) is 2. The molecule has 0 spiro atoms. The number of benzene rings is 1. The number of hydrogen-bond acceptors (Lipinski definition) is 8. The van der Waals surface area contributed by atoms with Crippen LogP contribution in [-0.4, -0.2) is 70.1 Å². The lowest BCUT2D eigenvalue weighted by Gasteiger charge is -2.33. The van der Waals surface area contributed by atoms with Crippen molar-refractivity contribution in [1.29, 1.82) is 0 Å². The van der Waals surface area contributed by atoms with Crippen LogP contribution in [0.25, 0.3) is 16.9 Å². The minimum Gasteiger partial charge on any atom is -0.444 e. The number of alkyl halides is 2. The van der Waals surface area contributed by atoms with Crippen molar-refractivity contribution < 1.29 is 23.0 Å². The van der Waals surface area contributed by atoms with Crippen LogP contribution < -0.4 is 15.5 Å². The van der Waals surface area contributed by atoms with Gasteiger partial charge in [-0.15, -0.1) is 0 Å². The van der Waals surface area contributed by atoms with Gasteiger partial charge in [-0.05, 0) is 52.7 Å². The molecule has 1 atom stereocenters. The number of anilines is 2. The summed E-state index contributed by atoms with van der Waals surface area (Å²) in [6, 6.07) is 9.10. The van der Waals surface area contributed by atoms with Crippen LogP contribution in [0, 0.1) is 0 Å². The molecule has 1 aliphatic heterocycles. The third kappa shape index (κ3) is 8.02. The summed E-state index contributed by atoms with van der Waals surface area (Å²) in [6.45, 7) is 9.45. The SMILES string of the molecule is CC(C)(C)OC(=O)NC1CCCCC1.CNc1cc(-n2c(C(F)F)nc3ccccc32)nc(N2CCOCC2C)n1. The van der Waals surface area contributed by atoms with Gasteiger partial charge in [-0.25, -0.2) is 18.6 Å². The average molecular weight is 574 g/mol. The number of aromatic nitrogens is 4. The van der Waals surface area contributed by atoms with E-state index in [-0.39, 0.29) is 18.0 Å². The van der Waals surface area contributed by atoms with Crippen molar-refractivity contribution in [1.82, 2.24) is 24.8 Å². The van der Waals surface area contributed by atoms with E-state index in [1.807, 2.05) is 32.6 Å². The molecule has 2 aliphatic rings. The number of morpholine rings is 1. The van der Waals surface area contributed by atoms with E-state index in [0.717, 1.165) is 12.8 Å². The van der Waals surface area contributed by atoms with Gasteiger partial charge in [0.05, 0.1) is 30.3 Å². The Hall–Kier alpha value is -3.54. The number of imidazole rings is 1. The molecule has 1 aromatic carbocycles. The molecule has 12 heteroatoms. The van der Waals surface area contributed by atoms with E-state index >= 15 is 0 Å². The molecule has 3 heterocycles. The number of amides is 1. The Morgan fingerprint density at radius 1 is 1.12 bits per heavy atom. The maximum atomic E-state index is 13.7. The highest BCUT2D eigenvalue weighted by Gasteiger charge is 2.25. The van der Waals surface area contributed by atoms with Crippen LogP contribution in [0.15, 0.2) is 30.3 Å². The molecule has 3 aromatic rings. The number of ether oxygens (including phenoxy) is 2. The van der Waals surface area contributed by atoms with Crippen molar-refractivity contribution >= 4 is 28.9 Å². The summed E-state index contributed by atoms with van der Waals surface area (Å²) in [5.41, 5.74) is 0.687. The van der Waals surface area contributed by atoms with Crippen molar-refractivity contribution in [3.05, 3.63) is 36.2 Å². The second-order valence-electron chi connectivity index (χ2n) is 11.4. The van der Waals surface area contributed by atoms with Crippen molar-refractivity contribution in [3.63, 3.8) is 0 Å². The van der Waals surface area contributed by atoms with Crippen LogP contribution in [0.3, 0.4) is 0 Å². The number of hydrogen-bond donors (Lipinski definition) is 2. The minimum absolute atomic E-state index is 0.0906. The third-order valence-corrected chi connectivity index (χ3v) is 6.92. The summed E-state index contributed by atoms with van der Waals surface area (Å²) in [6.07, 6.45) is 2.94. The zero-order valence-corrected chi connectivity index (χ0v) is 24.5. The van der Waals surface area contributed by atoms with E-state index in [1.165, 1.54) is 23.8 Å². The molecular weight excluding hydrogens is 532 g/mol. The Kier molecular flexibility index (Phi) is 9.95. The largest absolute Gasteiger partial charge is 0.444 e. The maximum Gasteiger partial charge on any atom is 0.407 e. The Morgan fingerprint density at radius 3 is 2.51 bits per heavy atom. The van der Waals surface area contributed by atoms with Crippen LogP contribution in [-0.2, 0) is 9.47 Å². The van der Waals surface area contributed by atoms with Crippen LogP contribution in [0.1, 0.15) is 72.0 Å². The summed E-state index contributed by atoms with van der Waals surface area (Å²) >= 11 is 0. The predicted octanol–water partition coefficient (Wildman–Crippen LogP) is 5.86. The van der Waals surface area contributed by atoms with Crippen LogP contribution >= 0.6 is 0 Å². The highest BCUT2D eigenvalue weighted by atomic mass is 19.3. The zero-order valence-electron chi connectivity index (χ0n) is 24.5. The third-order valence-electron chi connectivity index (χ3n) is 6.92. The zero-order chi connectivity index (χ0) is 29.6. The first-order valence-corrected chi connectivity index (χ1v) is 14.2. The average Bonchev–Trinajstić information content (AvgIpc) is 3.33. The van der Waals surface area contributed by atoms with Gasteiger partial charge in [-0.1, -0.05) is 31.4 Å². The molecule has 5 rings (SSSR count). The van der Waals surface area contributed by atoms with Crippen LogP contribution in [0.5, 0.6) is 0 Å². The highest BCUT2D eigenvalue weighted by molar-refractivity contribution is 5.78. The monoisotopic (exact) mass is 573 g/mol. The first-order chi connectivity index (χ1) is 19.6. The van der Waals surface area contributed by atoms with Gasteiger partial charge in [0.2, 0.25) is 5.95 Å². The minimum atomic E-state index is -2.73. The van der Waals surface area contributed by atoms with Crippen molar-refractivity contribution in [2.75, 3.05) is 37.0 Å². The van der Waals surface area contributed by atoms with Crippen molar-refractivity contribution in [2.24, 2.45) is 0 Å². The quantitative estimate of drug-likeness (QED) is 0.391. The van der Waals surface area contributed by atoms with Crippen LogP contribution in [0.4, 0.5) is 25.3 Å². The van der Waals surface area contributed by atoms with E-state index in [9.17, 15) is 13.6 Å². The fourth-order valence-electron chi connectivity index (χ4n) is 4.97. The number of fused-ring (bicyclic) bond motifs is 1. The standard InChI is InChI=1S/C18H20F2N6O.C11H21NO2/c1-11-10-27-8-7-25(11)18-23-14(21-2)9-15(24-18)26-13-6-4-3-5-12(13)22-17(26)16(19)20;1-11(2,3)14-10(13)12-9-7-5-4-6-8-9/h3-6,9,11,16H,7-8,10H2,1-2H3,(H,21,23,24);9H,4-8H2,1-3H3,(H,12,13). The molecule has 10 nitrogen and oxygen atoms in total. The lowest BCUT2D eigenvalue weighted by Crippen LogP contribution is -2.44. The number of carbonyl (C=O) groups excluding carboxylic acids is 1. The topological polar surface area (TPSA) is 106 Å². The van der Waals surface area contributed by atoms with Crippen molar-refractivity contribution in [3.8, 4) is 5.82 Å². The van der Waals surface area contributed by atoms with Gasteiger partial charge in [0.25, 0.3) is 6.43 Å². The van der Waals surface area contributed by atoms with Gasteiger partial charge >= 0.3 is 6.09 Å². The first kappa shape index (κ1) is 30.4. The highest BCUT2D eigenvalue weighted by Crippen LogP contribution is 2.29. The first-order valence-electron chi connectivity index (χ1n) is 14.2. The number of para-hydroxylation sites is 2. The molecule has 0 radical (unpaired) electrons. The lowest BCUT2D eigenvalue weighted by atomic mass is 9.96.